The van der Waals surface area contributed by atoms with Crippen molar-refractivity contribution in [3.63, 3.8) is 0 Å². The lowest BCUT2D eigenvalue weighted by molar-refractivity contribution is -0.151. The third-order valence-corrected chi connectivity index (χ3v) is 18.8. The third-order valence-electron chi connectivity index (χ3n) is 16.4. The highest BCUT2D eigenvalue weighted by atomic mass is 32.2. The van der Waals surface area contributed by atoms with E-state index < -0.39 is 39.7 Å². The lowest BCUT2D eigenvalue weighted by atomic mass is 9.68. The van der Waals surface area contributed by atoms with Gasteiger partial charge in [0.1, 0.15) is 11.5 Å². The molecule has 9 aliphatic rings. The topological polar surface area (TPSA) is 227 Å². The van der Waals surface area contributed by atoms with Crippen LogP contribution >= 0.6 is 11.8 Å². The van der Waals surface area contributed by atoms with Crippen LogP contribution in [0.1, 0.15) is 89.9 Å². The SMILES string of the molecule is CS(=O)(=O)N1CCC(C(=O)NCC(=O)NC2NC(C3CCCC(C4CCNC(C5(C(=O)N6CCN(C7CCC8C(=O)N(C9CCC(=O)NC9=O)C(=O)C8C7)CC6)CC5)C4)C3)CS2)C1. The molecule has 18 nitrogen and oxygen atoms in total. The zero-order chi connectivity index (χ0) is 44.2. The van der Waals surface area contributed by atoms with Crippen LogP contribution < -0.4 is 26.6 Å². The van der Waals surface area contributed by atoms with E-state index in [4.69, 9.17) is 0 Å². The van der Waals surface area contributed by atoms with Gasteiger partial charge in [-0.25, -0.2) is 12.7 Å². The summed E-state index contributed by atoms with van der Waals surface area (Å²) < 4.78 is 24.9. The Labute approximate surface area is 374 Å². The molecular formula is C43H65N9O9S2. The summed E-state index contributed by atoms with van der Waals surface area (Å²) in [5.41, 5.74) is -0.571. The maximum absolute atomic E-state index is 14.4. The fourth-order valence-electron chi connectivity index (χ4n) is 12.7. The van der Waals surface area contributed by atoms with Gasteiger partial charge in [-0.2, -0.15) is 0 Å². The Balaban J connectivity index is 0.714. The molecule has 3 saturated carbocycles. The lowest BCUT2D eigenvalue weighted by Crippen LogP contribution is -2.57. The van der Waals surface area contributed by atoms with Gasteiger partial charge in [0.2, 0.25) is 51.4 Å². The molecule has 9 rings (SSSR count). The van der Waals surface area contributed by atoms with E-state index >= 15 is 0 Å². The molecule has 20 heteroatoms. The van der Waals surface area contributed by atoms with Gasteiger partial charge in [-0.1, -0.05) is 12.8 Å². The van der Waals surface area contributed by atoms with Crippen molar-refractivity contribution in [3.8, 4) is 0 Å². The van der Waals surface area contributed by atoms with E-state index in [-0.39, 0.29) is 90.4 Å². The standard InChI is InChI=1S/C43H65N9O9S2/c1-63(60,61)51-14-10-28(23-51)37(55)45-22-36(54)48-42-46-32(24-62-42)27-4-2-3-25(19-27)26-9-13-44-34(20-26)43(11-12-43)41(59)50-17-15-49(16-18-50)29-5-6-30-31(21-29)40(58)52(39(30)57)33-7-8-35(53)47-38(33)56/h25-34,42,44,46H,2-24H2,1H3,(H,45,55)(H,48,54)(H,47,53,56). The molecule has 11 unspecified atom stereocenters. The molecule has 9 fully saturated rings. The minimum absolute atomic E-state index is 0.116. The molecule has 7 amide bonds. The van der Waals surface area contributed by atoms with Gasteiger partial charge in [0.05, 0.1) is 36.0 Å². The molecule has 6 aliphatic heterocycles. The summed E-state index contributed by atoms with van der Waals surface area (Å²) in [5, 5.41) is 15.4. The molecule has 0 radical (unpaired) electrons. The molecule has 3 aliphatic carbocycles. The van der Waals surface area contributed by atoms with Crippen molar-refractivity contribution in [1.82, 2.24) is 45.6 Å². The molecule has 11 atom stereocenters. The number of hydrogen-bond donors (Lipinski definition) is 5. The van der Waals surface area contributed by atoms with Gasteiger partial charge in [-0.3, -0.25) is 54.0 Å². The first-order valence-corrected chi connectivity index (χ1v) is 26.5. The fraction of sp³-hybridized carbons (Fsp3) is 0.837. The Kier molecular flexibility index (Phi) is 13.0. The molecule has 0 aromatic heterocycles. The molecule has 0 aromatic rings. The van der Waals surface area contributed by atoms with E-state index in [1.165, 1.54) is 17.1 Å². The van der Waals surface area contributed by atoms with Crippen LogP contribution in [-0.4, -0.2) is 163 Å². The number of imide groups is 2. The van der Waals surface area contributed by atoms with Gasteiger partial charge < -0.3 is 20.9 Å². The molecule has 63 heavy (non-hydrogen) atoms. The maximum Gasteiger partial charge on any atom is 0.249 e. The number of amides is 7. The minimum Gasteiger partial charge on any atom is -0.347 e. The van der Waals surface area contributed by atoms with E-state index in [1.54, 1.807) is 11.8 Å². The number of thioether (sulfide) groups is 1. The van der Waals surface area contributed by atoms with Crippen molar-refractivity contribution >= 4 is 63.1 Å². The number of hydrogen-bond acceptors (Lipinski definition) is 13. The lowest BCUT2D eigenvalue weighted by Gasteiger charge is -2.45. The molecule has 0 aromatic carbocycles. The van der Waals surface area contributed by atoms with Crippen LogP contribution in [0.3, 0.4) is 0 Å². The Bertz CT molecular complexity index is 1960. The van der Waals surface area contributed by atoms with E-state index in [9.17, 15) is 42.0 Å². The van der Waals surface area contributed by atoms with Gasteiger partial charge in [-0.05, 0) is 94.9 Å². The zero-order valence-electron chi connectivity index (χ0n) is 36.4. The van der Waals surface area contributed by atoms with Crippen molar-refractivity contribution in [3.05, 3.63) is 0 Å². The normalized spacial score (nSPS) is 37.7. The molecule has 6 heterocycles. The minimum atomic E-state index is -3.35. The van der Waals surface area contributed by atoms with E-state index in [0.29, 0.717) is 56.7 Å². The molecular weight excluding hydrogens is 851 g/mol. The van der Waals surface area contributed by atoms with Gasteiger partial charge in [0, 0.05) is 69.6 Å². The van der Waals surface area contributed by atoms with Gasteiger partial charge >= 0.3 is 0 Å². The molecule has 348 valence electrons. The van der Waals surface area contributed by atoms with Gasteiger partial charge in [0.25, 0.3) is 0 Å². The van der Waals surface area contributed by atoms with Crippen LogP contribution in [0.25, 0.3) is 0 Å². The first-order chi connectivity index (χ1) is 30.2. The van der Waals surface area contributed by atoms with Crippen LogP contribution in [0.4, 0.5) is 0 Å². The number of likely N-dealkylation sites (tertiary alicyclic amines) is 1. The highest BCUT2D eigenvalue weighted by Gasteiger charge is 2.59. The van der Waals surface area contributed by atoms with Gasteiger partial charge in [-0.15, -0.1) is 11.8 Å². The number of nitrogens with zero attached hydrogens (tertiary/aromatic N) is 4. The summed E-state index contributed by atoms with van der Waals surface area (Å²) in [6.07, 6.45) is 12.5. The van der Waals surface area contributed by atoms with Crippen molar-refractivity contribution in [2.24, 2.45) is 40.9 Å². The number of piperidine rings is 2. The Morgan fingerprint density at radius 2 is 1.59 bits per heavy atom. The second-order valence-electron chi connectivity index (χ2n) is 20.0. The molecule has 0 bridgehead atoms. The van der Waals surface area contributed by atoms with Crippen LogP contribution in [0.5, 0.6) is 0 Å². The second-order valence-corrected chi connectivity index (χ2v) is 23.2. The summed E-state index contributed by atoms with van der Waals surface area (Å²) >= 11 is 1.68. The summed E-state index contributed by atoms with van der Waals surface area (Å²) in [6.45, 7) is 3.99. The summed E-state index contributed by atoms with van der Waals surface area (Å²) in [6, 6.07) is -0.313. The second kappa shape index (κ2) is 18.2. The summed E-state index contributed by atoms with van der Waals surface area (Å²) in [4.78, 5) is 96.6. The van der Waals surface area contributed by atoms with E-state index in [0.717, 1.165) is 81.5 Å². The smallest absolute Gasteiger partial charge is 0.249 e. The Morgan fingerprint density at radius 1 is 0.841 bits per heavy atom. The molecule has 6 saturated heterocycles. The van der Waals surface area contributed by atoms with Crippen LogP contribution in [0, 0.1) is 40.9 Å². The van der Waals surface area contributed by atoms with Crippen LogP contribution in [0.15, 0.2) is 0 Å². The third kappa shape index (κ3) is 9.31. The van der Waals surface area contributed by atoms with Gasteiger partial charge in [0.15, 0.2) is 0 Å². The predicted molar refractivity (Wildman–Crippen MR) is 231 cm³/mol. The van der Waals surface area contributed by atoms with Crippen molar-refractivity contribution in [2.45, 2.75) is 120 Å². The highest BCUT2D eigenvalue weighted by molar-refractivity contribution is 8.00. The quantitative estimate of drug-likeness (QED) is 0.166. The zero-order valence-corrected chi connectivity index (χ0v) is 38.0. The monoisotopic (exact) mass is 915 g/mol. The fourth-order valence-corrected chi connectivity index (χ4v) is 14.8. The van der Waals surface area contributed by atoms with Crippen molar-refractivity contribution in [1.29, 1.82) is 0 Å². The number of sulfonamides is 1. The Hall–Kier alpha value is -3.17. The average molecular weight is 916 g/mol. The predicted octanol–water partition coefficient (Wildman–Crippen LogP) is -0.453. The number of carbonyl (C=O) groups excluding carboxylic acids is 7. The average Bonchev–Trinajstić information content (AvgIpc) is 3.56. The largest absolute Gasteiger partial charge is 0.347 e. The van der Waals surface area contributed by atoms with Crippen molar-refractivity contribution < 1.29 is 42.0 Å². The summed E-state index contributed by atoms with van der Waals surface area (Å²) in [7, 11) is -3.35. The van der Waals surface area contributed by atoms with E-state index in [1.807, 2.05) is 0 Å². The highest BCUT2D eigenvalue weighted by Crippen LogP contribution is 2.54. The summed E-state index contributed by atoms with van der Waals surface area (Å²) in [5.74, 6) is -0.540. The first-order valence-electron chi connectivity index (χ1n) is 23.6. The molecule has 5 N–H and O–H groups in total. The number of rotatable bonds is 11. The number of carbonyl (C=O) groups is 7. The van der Waals surface area contributed by atoms with Crippen molar-refractivity contribution in [2.75, 3.05) is 64.4 Å². The number of fused-ring (bicyclic) bond motifs is 1. The van der Waals surface area contributed by atoms with Crippen LogP contribution in [0.2, 0.25) is 0 Å². The van der Waals surface area contributed by atoms with E-state index in [2.05, 4.69) is 36.4 Å². The first kappa shape index (κ1) is 45.0. The Morgan fingerprint density at radius 3 is 2.32 bits per heavy atom. The number of piperazine rings is 1. The number of nitrogens with one attached hydrogen (secondary N) is 5. The molecule has 0 spiro atoms. The van der Waals surface area contributed by atoms with Crippen LogP contribution in [-0.2, 0) is 43.6 Å². The maximum atomic E-state index is 14.4.